The van der Waals surface area contributed by atoms with Gasteiger partial charge in [0.1, 0.15) is 0 Å². The van der Waals surface area contributed by atoms with Crippen molar-refractivity contribution in [2.45, 2.75) is 12.3 Å². The quantitative estimate of drug-likeness (QED) is 0.586. The third kappa shape index (κ3) is 3.61. The molecule has 3 nitrogen and oxygen atoms in total. The summed E-state index contributed by atoms with van der Waals surface area (Å²) in [5, 5.41) is 20.3. The minimum Gasteiger partial charge on any atom is -1.00 e. The van der Waals surface area contributed by atoms with Crippen molar-refractivity contribution in [3.05, 3.63) is 70.8 Å². The van der Waals surface area contributed by atoms with Crippen molar-refractivity contribution in [1.29, 1.82) is 0 Å². The molecule has 1 unspecified atom stereocenters. The summed E-state index contributed by atoms with van der Waals surface area (Å²) in [6.45, 7) is 6.29. The van der Waals surface area contributed by atoms with Crippen LogP contribution in [0.15, 0.2) is 49.1 Å². The summed E-state index contributed by atoms with van der Waals surface area (Å²) < 4.78 is 0. The molecule has 0 radical (unpaired) electrons. The second kappa shape index (κ2) is 8.06. The molecular formula is C19H20BrClNO2-. The minimum absolute atomic E-state index is 0. The zero-order chi connectivity index (χ0) is 16.4. The Kier molecular flexibility index (Phi) is 6.33. The molecule has 0 spiro atoms. The van der Waals surface area contributed by atoms with E-state index in [0.717, 1.165) is 37.2 Å². The highest BCUT2D eigenvalue weighted by Crippen LogP contribution is 2.43. The van der Waals surface area contributed by atoms with Crippen LogP contribution in [-0.4, -0.2) is 34.7 Å². The van der Waals surface area contributed by atoms with Crippen LogP contribution in [0.1, 0.15) is 22.6 Å². The lowest BCUT2D eigenvalue weighted by Crippen LogP contribution is -3.00. The Morgan fingerprint density at radius 1 is 1.25 bits per heavy atom. The summed E-state index contributed by atoms with van der Waals surface area (Å²) in [6, 6.07) is 11.8. The summed E-state index contributed by atoms with van der Waals surface area (Å²) in [7, 11) is 0. The molecule has 24 heavy (non-hydrogen) atoms. The van der Waals surface area contributed by atoms with Crippen molar-refractivity contribution in [1.82, 2.24) is 4.90 Å². The van der Waals surface area contributed by atoms with E-state index in [1.807, 2.05) is 24.3 Å². The van der Waals surface area contributed by atoms with Crippen LogP contribution in [0.2, 0.25) is 5.02 Å². The average Bonchev–Trinajstić information content (AvgIpc) is 2.74. The first-order valence-electron chi connectivity index (χ1n) is 7.73. The zero-order valence-corrected chi connectivity index (χ0v) is 15.6. The number of fused-ring (bicyclic) bond motifs is 1. The van der Waals surface area contributed by atoms with E-state index in [-0.39, 0.29) is 39.4 Å². The van der Waals surface area contributed by atoms with Crippen LogP contribution in [0.25, 0.3) is 0 Å². The van der Waals surface area contributed by atoms with Gasteiger partial charge in [0.2, 0.25) is 0 Å². The summed E-state index contributed by atoms with van der Waals surface area (Å²) in [5.41, 5.74) is 3.08. The predicted octanol–water partition coefficient (Wildman–Crippen LogP) is 0.931. The zero-order valence-electron chi connectivity index (χ0n) is 13.3. The Balaban J connectivity index is 0.00000208. The van der Waals surface area contributed by atoms with Gasteiger partial charge in [0.25, 0.3) is 0 Å². The maximum absolute atomic E-state index is 10.0. The van der Waals surface area contributed by atoms with Crippen molar-refractivity contribution >= 4 is 11.6 Å². The number of aromatic hydroxyl groups is 2. The van der Waals surface area contributed by atoms with Gasteiger partial charge in [-0.2, -0.15) is 0 Å². The lowest BCUT2D eigenvalue weighted by molar-refractivity contribution is -0.00000627. The molecule has 1 aliphatic rings. The maximum atomic E-state index is 10.0. The Labute approximate surface area is 158 Å². The number of benzene rings is 2. The number of halogens is 2. The topological polar surface area (TPSA) is 43.7 Å². The Hall–Kier alpha value is -1.49. The molecule has 0 amide bonds. The molecule has 2 aromatic carbocycles. The maximum Gasteiger partial charge on any atom is 0.176 e. The van der Waals surface area contributed by atoms with Gasteiger partial charge in [-0.1, -0.05) is 48.0 Å². The standard InChI is InChI=1S/C19H20ClNO2.BrH/c1-2-9-21-10-8-14-15(11-17(22)19(23)18(14)20)16(12-21)13-6-4-3-5-7-13;/h2-7,11,16,22-23H,1,8-10,12H2;1H/p-1. The van der Waals surface area contributed by atoms with Crippen LogP contribution < -0.4 is 17.0 Å². The summed E-state index contributed by atoms with van der Waals surface area (Å²) >= 11 is 6.32. The molecule has 0 fully saturated rings. The third-order valence-corrected chi connectivity index (χ3v) is 4.85. The van der Waals surface area contributed by atoms with Crippen LogP contribution in [0.3, 0.4) is 0 Å². The van der Waals surface area contributed by atoms with E-state index in [0.29, 0.717) is 0 Å². The molecule has 3 rings (SSSR count). The van der Waals surface area contributed by atoms with Crippen molar-refractivity contribution < 1.29 is 27.2 Å². The highest BCUT2D eigenvalue weighted by Gasteiger charge is 2.28. The first kappa shape index (κ1) is 18.8. The van der Waals surface area contributed by atoms with Crippen molar-refractivity contribution in [3.63, 3.8) is 0 Å². The Morgan fingerprint density at radius 3 is 2.62 bits per heavy atom. The van der Waals surface area contributed by atoms with E-state index in [9.17, 15) is 10.2 Å². The van der Waals surface area contributed by atoms with E-state index in [2.05, 4.69) is 23.6 Å². The number of hydrogen-bond acceptors (Lipinski definition) is 3. The Morgan fingerprint density at radius 2 is 1.96 bits per heavy atom. The van der Waals surface area contributed by atoms with Gasteiger partial charge in [-0.15, -0.1) is 6.58 Å². The highest BCUT2D eigenvalue weighted by molar-refractivity contribution is 6.33. The van der Waals surface area contributed by atoms with Gasteiger partial charge in [-0.05, 0) is 29.2 Å². The monoisotopic (exact) mass is 408 g/mol. The summed E-state index contributed by atoms with van der Waals surface area (Å²) in [4.78, 5) is 2.31. The van der Waals surface area contributed by atoms with Crippen LogP contribution in [0.4, 0.5) is 0 Å². The van der Waals surface area contributed by atoms with Gasteiger partial charge in [0, 0.05) is 25.6 Å². The lowest BCUT2D eigenvalue weighted by Gasteiger charge is -2.24. The number of rotatable bonds is 3. The number of hydrogen-bond donors (Lipinski definition) is 2. The second-order valence-electron chi connectivity index (χ2n) is 5.89. The van der Waals surface area contributed by atoms with Crippen LogP contribution >= 0.6 is 11.6 Å². The van der Waals surface area contributed by atoms with Gasteiger partial charge < -0.3 is 27.2 Å². The van der Waals surface area contributed by atoms with E-state index >= 15 is 0 Å². The average molecular weight is 410 g/mol. The molecule has 2 aromatic rings. The molecule has 0 bridgehead atoms. The summed E-state index contributed by atoms with van der Waals surface area (Å²) in [5.74, 6) is -0.293. The smallest absolute Gasteiger partial charge is 0.176 e. The van der Waals surface area contributed by atoms with Crippen molar-refractivity contribution in [2.24, 2.45) is 0 Å². The molecule has 0 aliphatic carbocycles. The Bertz CT molecular complexity index is 721. The molecular weight excluding hydrogens is 390 g/mol. The first-order chi connectivity index (χ1) is 11.1. The molecule has 0 saturated carbocycles. The highest BCUT2D eigenvalue weighted by atomic mass is 79.9. The van der Waals surface area contributed by atoms with Crippen molar-refractivity contribution in [2.75, 3.05) is 19.6 Å². The van der Waals surface area contributed by atoms with Crippen molar-refractivity contribution in [3.8, 4) is 11.5 Å². The van der Waals surface area contributed by atoms with E-state index in [1.54, 1.807) is 6.07 Å². The number of phenols is 2. The van der Waals surface area contributed by atoms with Gasteiger partial charge in [0.15, 0.2) is 11.5 Å². The van der Waals surface area contributed by atoms with Gasteiger partial charge in [-0.25, -0.2) is 0 Å². The van der Waals surface area contributed by atoms with E-state index in [1.165, 1.54) is 5.56 Å². The molecule has 128 valence electrons. The molecule has 0 aromatic heterocycles. The van der Waals surface area contributed by atoms with Gasteiger partial charge in [-0.3, -0.25) is 4.90 Å². The molecule has 2 N–H and O–H groups in total. The minimum atomic E-state index is -0.227. The van der Waals surface area contributed by atoms with Crippen LogP contribution in [0.5, 0.6) is 11.5 Å². The predicted molar refractivity (Wildman–Crippen MR) is 93.4 cm³/mol. The largest absolute Gasteiger partial charge is 1.00 e. The fraction of sp³-hybridized carbons (Fsp3) is 0.263. The molecule has 1 aliphatic heterocycles. The second-order valence-corrected chi connectivity index (χ2v) is 6.27. The molecule has 0 saturated heterocycles. The first-order valence-corrected chi connectivity index (χ1v) is 8.11. The van der Waals surface area contributed by atoms with E-state index < -0.39 is 0 Å². The molecule has 1 heterocycles. The fourth-order valence-corrected chi connectivity index (χ4v) is 3.59. The molecule has 5 heteroatoms. The number of nitrogens with zero attached hydrogens (tertiary/aromatic N) is 1. The van der Waals surface area contributed by atoms with Crippen LogP contribution in [0, 0.1) is 0 Å². The van der Waals surface area contributed by atoms with Gasteiger partial charge >= 0.3 is 0 Å². The fourth-order valence-electron chi connectivity index (χ4n) is 3.29. The molecule has 1 atom stereocenters. The van der Waals surface area contributed by atoms with Crippen LogP contribution in [-0.2, 0) is 6.42 Å². The van der Waals surface area contributed by atoms with E-state index in [4.69, 9.17) is 11.6 Å². The normalized spacial score (nSPS) is 17.5. The summed E-state index contributed by atoms with van der Waals surface area (Å²) in [6.07, 6.45) is 2.63. The SMILES string of the molecule is C=CCN1CCc2c(cc(O)c(O)c2Cl)C(c2ccccc2)C1.[Br-]. The van der Waals surface area contributed by atoms with Gasteiger partial charge in [0.05, 0.1) is 5.02 Å². The lowest BCUT2D eigenvalue weighted by atomic mass is 9.87. The number of phenolic OH excluding ortho intramolecular Hbond substituents is 2. The third-order valence-electron chi connectivity index (χ3n) is 4.44.